The van der Waals surface area contributed by atoms with Crippen molar-refractivity contribution in [3.8, 4) is 17.4 Å². The molecule has 126 valence electrons. The molecule has 0 radical (unpaired) electrons. The molecule has 1 heterocycles. The summed E-state index contributed by atoms with van der Waals surface area (Å²) in [5, 5.41) is 22.2. The van der Waals surface area contributed by atoms with Gasteiger partial charge in [-0.15, -0.1) is 0 Å². The molecule has 4 rings (SSSR count). The molecule has 3 unspecified atom stereocenters. The van der Waals surface area contributed by atoms with Crippen molar-refractivity contribution in [2.24, 2.45) is 5.92 Å². The predicted molar refractivity (Wildman–Crippen MR) is 89.3 cm³/mol. The van der Waals surface area contributed by atoms with E-state index in [-0.39, 0.29) is 35.5 Å². The number of halogens is 2. The Morgan fingerprint density at radius 3 is 2.58 bits per heavy atom. The molecule has 7 heteroatoms. The Hall–Kier alpha value is -1.85. The fraction of sp³-hybridized carbons (Fsp3) is 0.353. The van der Waals surface area contributed by atoms with Crippen LogP contribution in [0.4, 0.5) is 0 Å². The van der Waals surface area contributed by atoms with E-state index in [0.717, 1.165) is 6.42 Å². The second-order valence-corrected chi connectivity index (χ2v) is 7.15. The van der Waals surface area contributed by atoms with Crippen molar-refractivity contribution in [2.45, 2.75) is 24.7 Å². The number of ether oxygens (including phenoxy) is 1. The lowest BCUT2D eigenvalue weighted by molar-refractivity contribution is -0.145. The molecule has 2 N–H and O–H groups in total. The van der Waals surface area contributed by atoms with Crippen LogP contribution in [0.3, 0.4) is 0 Å². The number of methoxy groups -OCH3 is 1. The van der Waals surface area contributed by atoms with Crippen molar-refractivity contribution >= 4 is 29.2 Å². The van der Waals surface area contributed by atoms with Gasteiger partial charge in [0.1, 0.15) is 0 Å². The van der Waals surface area contributed by atoms with E-state index >= 15 is 0 Å². The summed E-state index contributed by atoms with van der Waals surface area (Å²) in [7, 11) is 1.37. The molecule has 5 nitrogen and oxygen atoms in total. The number of nitrogens with zero attached hydrogens (tertiary/aromatic N) is 1. The second kappa shape index (κ2) is 5.33. The van der Waals surface area contributed by atoms with E-state index in [0.29, 0.717) is 33.3 Å². The fourth-order valence-electron chi connectivity index (χ4n) is 4.25. The molecule has 2 bridgehead atoms. The first-order valence-electron chi connectivity index (χ1n) is 7.63. The van der Waals surface area contributed by atoms with Crippen molar-refractivity contribution in [2.75, 3.05) is 7.11 Å². The Balaban J connectivity index is 1.86. The van der Waals surface area contributed by atoms with Gasteiger partial charge in [-0.25, -0.2) is 4.57 Å². The van der Waals surface area contributed by atoms with Gasteiger partial charge in [-0.05, 0) is 37.0 Å². The largest absolute Gasteiger partial charge is 0.494 e. The van der Waals surface area contributed by atoms with Gasteiger partial charge in [-0.3, -0.25) is 4.79 Å². The van der Waals surface area contributed by atoms with E-state index < -0.39 is 0 Å². The number of carbonyl (C=O) groups excluding carboxylic acids is 1. The van der Waals surface area contributed by atoms with Crippen molar-refractivity contribution in [1.82, 2.24) is 4.57 Å². The molecule has 1 saturated carbocycles. The zero-order valence-electron chi connectivity index (χ0n) is 12.8. The van der Waals surface area contributed by atoms with E-state index in [9.17, 15) is 15.0 Å². The number of hydrogen-bond acceptors (Lipinski definition) is 4. The summed E-state index contributed by atoms with van der Waals surface area (Å²) >= 11 is 12.1. The van der Waals surface area contributed by atoms with Gasteiger partial charge < -0.3 is 14.9 Å². The molecule has 2 aromatic rings. The van der Waals surface area contributed by atoms with Gasteiger partial charge in [0, 0.05) is 22.1 Å². The van der Waals surface area contributed by atoms with Crippen LogP contribution in [0.2, 0.25) is 10.0 Å². The van der Waals surface area contributed by atoms with Crippen molar-refractivity contribution < 1.29 is 19.7 Å². The van der Waals surface area contributed by atoms with E-state index in [2.05, 4.69) is 0 Å². The van der Waals surface area contributed by atoms with Crippen LogP contribution in [-0.2, 0) is 9.53 Å². The monoisotopic (exact) mass is 367 g/mol. The van der Waals surface area contributed by atoms with Crippen LogP contribution in [0.5, 0.6) is 11.8 Å². The quantitative estimate of drug-likeness (QED) is 0.788. The van der Waals surface area contributed by atoms with Gasteiger partial charge in [0.2, 0.25) is 11.8 Å². The molecule has 2 aliphatic carbocycles. The Morgan fingerprint density at radius 1 is 1.21 bits per heavy atom. The van der Waals surface area contributed by atoms with Crippen molar-refractivity contribution in [3.63, 3.8) is 0 Å². The number of esters is 1. The summed E-state index contributed by atoms with van der Waals surface area (Å²) in [4.78, 5) is 12.0. The van der Waals surface area contributed by atoms with Crippen LogP contribution in [0.25, 0.3) is 5.69 Å². The first-order chi connectivity index (χ1) is 11.4. The first-order valence-corrected chi connectivity index (χ1v) is 8.39. The molecule has 0 spiro atoms. The molecular formula is C17H15Cl2NO4. The number of benzene rings is 1. The average Bonchev–Trinajstić information content (AvgIpc) is 3.20. The SMILES string of the molecule is COC(=O)C1CC2CC1c1c2c(O)n(-c2ccc(Cl)cc2Cl)c1O. The summed E-state index contributed by atoms with van der Waals surface area (Å²) in [5.41, 5.74) is 1.79. The second-order valence-electron chi connectivity index (χ2n) is 6.31. The number of hydrogen-bond donors (Lipinski definition) is 2. The van der Waals surface area contributed by atoms with E-state index in [1.807, 2.05) is 0 Å². The van der Waals surface area contributed by atoms with Gasteiger partial charge in [-0.2, -0.15) is 0 Å². The summed E-state index contributed by atoms with van der Waals surface area (Å²) in [6.07, 6.45) is 1.36. The number of rotatable bonds is 2. The van der Waals surface area contributed by atoms with Crippen LogP contribution < -0.4 is 0 Å². The molecule has 1 fully saturated rings. The third-order valence-electron chi connectivity index (χ3n) is 5.19. The topological polar surface area (TPSA) is 71.7 Å². The first kappa shape index (κ1) is 15.7. The lowest BCUT2D eigenvalue weighted by Crippen LogP contribution is -2.21. The van der Waals surface area contributed by atoms with E-state index in [1.54, 1.807) is 18.2 Å². The molecule has 0 amide bonds. The highest BCUT2D eigenvalue weighted by atomic mass is 35.5. The van der Waals surface area contributed by atoms with Crippen LogP contribution in [-0.4, -0.2) is 27.9 Å². The lowest BCUT2D eigenvalue weighted by Gasteiger charge is -2.19. The Kier molecular flexibility index (Phi) is 3.48. The third-order valence-corrected chi connectivity index (χ3v) is 5.73. The van der Waals surface area contributed by atoms with Crippen LogP contribution in [0.1, 0.15) is 35.8 Å². The Labute approximate surface area is 148 Å². The molecule has 0 saturated heterocycles. The van der Waals surface area contributed by atoms with Gasteiger partial charge in [-0.1, -0.05) is 23.2 Å². The highest BCUT2D eigenvalue weighted by Gasteiger charge is 2.52. The Morgan fingerprint density at radius 2 is 1.92 bits per heavy atom. The van der Waals surface area contributed by atoms with Gasteiger partial charge >= 0.3 is 5.97 Å². The standard InChI is InChI=1S/C17H15Cl2NO4/c1-24-17(23)10-5-7-4-9(10)14-13(7)15(21)20(16(14)22)12-3-2-8(18)6-11(12)19/h2-3,6-7,9-10,21-22H,4-5H2,1H3. The van der Waals surface area contributed by atoms with Gasteiger partial charge in [0.05, 0.1) is 23.7 Å². The average molecular weight is 368 g/mol. The van der Waals surface area contributed by atoms with E-state index in [1.165, 1.54) is 11.7 Å². The minimum atomic E-state index is -0.283. The number of fused-ring (bicyclic) bond motifs is 5. The third kappa shape index (κ3) is 1.98. The van der Waals surface area contributed by atoms with E-state index in [4.69, 9.17) is 27.9 Å². The highest BCUT2D eigenvalue weighted by molar-refractivity contribution is 6.35. The molecule has 2 aliphatic rings. The van der Waals surface area contributed by atoms with Gasteiger partial charge in [0.15, 0.2) is 0 Å². The number of aromatic hydroxyl groups is 2. The molecule has 24 heavy (non-hydrogen) atoms. The maximum Gasteiger partial charge on any atom is 0.309 e. The number of carbonyl (C=O) groups is 1. The summed E-state index contributed by atoms with van der Waals surface area (Å²) in [6, 6.07) is 4.83. The van der Waals surface area contributed by atoms with Crippen molar-refractivity contribution in [3.05, 3.63) is 39.4 Å². The molecule has 0 aliphatic heterocycles. The number of aromatic nitrogens is 1. The maximum absolute atomic E-state index is 12.0. The van der Waals surface area contributed by atoms with Crippen LogP contribution in [0, 0.1) is 5.92 Å². The smallest absolute Gasteiger partial charge is 0.309 e. The highest BCUT2D eigenvalue weighted by Crippen LogP contribution is 2.63. The zero-order valence-corrected chi connectivity index (χ0v) is 14.3. The minimum absolute atomic E-state index is 0.0254. The molecule has 3 atom stereocenters. The summed E-state index contributed by atoms with van der Waals surface area (Å²) in [5.74, 6) is -0.767. The molecular weight excluding hydrogens is 353 g/mol. The van der Waals surface area contributed by atoms with Crippen LogP contribution >= 0.6 is 23.2 Å². The van der Waals surface area contributed by atoms with Crippen molar-refractivity contribution in [1.29, 1.82) is 0 Å². The maximum atomic E-state index is 12.0. The van der Waals surface area contributed by atoms with Gasteiger partial charge in [0.25, 0.3) is 0 Å². The molecule has 1 aromatic heterocycles. The summed E-state index contributed by atoms with van der Waals surface area (Å²) < 4.78 is 6.19. The fourth-order valence-corrected chi connectivity index (χ4v) is 4.74. The summed E-state index contributed by atoms with van der Waals surface area (Å²) in [6.45, 7) is 0. The minimum Gasteiger partial charge on any atom is -0.494 e. The lowest BCUT2D eigenvalue weighted by atomic mass is 9.85. The normalized spacial score (nSPS) is 24.2. The molecule has 1 aromatic carbocycles. The zero-order chi connectivity index (χ0) is 17.2. The Bertz CT molecular complexity index is 861. The predicted octanol–water partition coefficient (Wildman–Crippen LogP) is 3.96. The van der Waals surface area contributed by atoms with Crippen LogP contribution in [0.15, 0.2) is 18.2 Å².